The summed E-state index contributed by atoms with van der Waals surface area (Å²) in [4.78, 5) is 15.2. The second kappa shape index (κ2) is 10.0. The zero-order valence-corrected chi connectivity index (χ0v) is 19.1. The van der Waals surface area contributed by atoms with E-state index in [2.05, 4.69) is 32.7 Å². The van der Waals surface area contributed by atoms with Crippen molar-refractivity contribution in [3.8, 4) is 5.75 Å². The summed E-state index contributed by atoms with van der Waals surface area (Å²) in [7, 11) is 0. The van der Waals surface area contributed by atoms with E-state index < -0.39 is 0 Å². The Balaban J connectivity index is 1.45. The van der Waals surface area contributed by atoms with Crippen LogP contribution in [0.2, 0.25) is 0 Å². The lowest BCUT2D eigenvalue weighted by atomic mass is 9.91. The van der Waals surface area contributed by atoms with Crippen molar-refractivity contribution in [1.29, 1.82) is 0 Å². The van der Waals surface area contributed by atoms with Crippen molar-refractivity contribution in [2.45, 2.75) is 52.1 Å². The fourth-order valence-electron chi connectivity index (χ4n) is 4.38. The van der Waals surface area contributed by atoms with Crippen LogP contribution in [-0.4, -0.2) is 46.9 Å². The third-order valence-corrected chi connectivity index (χ3v) is 5.86. The van der Waals surface area contributed by atoms with E-state index in [1.807, 2.05) is 56.3 Å². The minimum absolute atomic E-state index is 0.0248. The Labute approximate surface area is 189 Å². The Hall–Kier alpha value is -3.06. The zero-order valence-electron chi connectivity index (χ0n) is 19.1. The van der Waals surface area contributed by atoms with Crippen molar-refractivity contribution in [2.75, 3.05) is 30.3 Å². The van der Waals surface area contributed by atoms with Crippen LogP contribution in [0.15, 0.2) is 42.5 Å². The molecule has 7 nitrogen and oxygen atoms in total. The lowest BCUT2D eigenvalue weighted by molar-refractivity contribution is 0.211. The molecule has 0 saturated carbocycles. The molecule has 0 unspecified atom stereocenters. The molecule has 0 aliphatic carbocycles. The van der Waals surface area contributed by atoms with E-state index in [4.69, 9.17) is 4.74 Å². The number of nitrogens with one attached hydrogen (secondary N) is 3. The number of piperidine rings is 1. The smallest absolute Gasteiger partial charge is 0.323 e. The molecule has 4 rings (SSSR count). The molecule has 1 saturated heterocycles. The first-order valence-corrected chi connectivity index (χ1v) is 11.6. The van der Waals surface area contributed by atoms with Crippen LogP contribution in [0.5, 0.6) is 5.75 Å². The van der Waals surface area contributed by atoms with Gasteiger partial charge in [-0.05, 0) is 83.1 Å². The highest BCUT2D eigenvalue weighted by molar-refractivity contribution is 6.02. The number of hydrogen-bond donors (Lipinski definition) is 3. The normalized spacial score (nSPS) is 15.2. The Morgan fingerprint density at radius 3 is 2.72 bits per heavy atom. The molecule has 3 aromatic rings. The highest BCUT2D eigenvalue weighted by Gasteiger charge is 2.24. The third-order valence-electron chi connectivity index (χ3n) is 5.86. The van der Waals surface area contributed by atoms with Gasteiger partial charge in [-0.15, -0.1) is 0 Å². The molecular weight excluding hydrogens is 402 g/mol. The molecule has 1 aliphatic rings. The van der Waals surface area contributed by atoms with E-state index >= 15 is 0 Å². The van der Waals surface area contributed by atoms with Gasteiger partial charge < -0.3 is 20.3 Å². The summed E-state index contributed by atoms with van der Waals surface area (Å²) in [5, 5.41) is 14.7. The van der Waals surface area contributed by atoms with E-state index in [-0.39, 0.29) is 12.1 Å². The van der Waals surface area contributed by atoms with Crippen LogP contribution in [0.3, 0.4) is 0 Å². The Morgan fingerprint density at radius 1 is 1.19 bits per heavy atom. The van der Waals surface area contributed by atoms with Gasteiger partial charge in [0.1, 0.15) is 5.75 Å². The van der Waals surface area contributed by atoms with E-state index in [1.54, 1.807) is 0 Å². The van der Waals surface area contributed by atoms with Gasteiger partial charge in [0.2, 0.25) is 0 Å². The monoisotopic (exact) mass is 435 g/mol. The first-order chi connectivity index (χ1) is 15.5. The second-order valence-corrected chi connectivity index (χ2v) is 8.73. The van der Waals surface area contributed by atoms with Crippen molar-refractivity contribution in [3.05, 3.63) is 48.2 Å². The number of aromatic nitrogens is 2. The summed E-state index contributed by atoms with van der Waals surface area (Å²) >= 11 is 0. The Bertz CT molecular complexity index is 1050. The number of carbonyl (C=O) groups is 1. The number of aromatic amines is 1. The largest absolute Gasteiger partial charge is 0.489 e. The molecule has 1 aliphatic heterocycles. The van der Waals surface area contributed by atoms with Crippen molar-refractivity contribution in [3.63, 3.8) is 0 Å². The number of ether oxygens (including phenoxy) is 1. The first kappa shape index (κ1) is 22.1. The fourth-order valence-corrected chi connectivity index (χ4v) is 4.38. The maximum atomic E-state index is 12.7. The number of H-pyrrole nitrogens is 1. The summed E-state index contributed by atoms with van der Waals surface area (Å²) in [6.07, 6.45) is 3.45. The lowest BCUT2D eigenvalue weighted by Gasteiger charge is -2.31. The second-order valence-electron chi connectivity index (χ2n) is 8.73. The van der Waals surface area contributed by atoms with Crippen molar-refractivity contribution < 1.29 is 9.53 Å². The Morgan fingerprint density at radius 2 is 1.97 bits per heavy atom. The SMILES string of the molecule is CCCN1CCC(c2n[nH]c3ccc(NC(=O)Nc4ccccc4OC(C)C)cc23)CC1. The molecule has 0 atom stereocenters. The minimum atomic E-state index is -0.304. The van der Waals surface area contributed by atoms with E-state index in [0.29, 0.717) is 17.4 Å². The molecule has 170 valence electrons. The summed E-state index contributed by atoms with van der Waals surface area (Å²) < 4.78 is 5.79. The van der Waals surface area contributed by atoms with E-state index in [0.717, 1.165) is 48.2 Å². The number of urea groups is 1. The van der Waals surface area contributed by atoms with Crippen LogP contribution in [0.4, 0.5) is 16.2 Å². The van der Waals surface area contributed by atoms with Crippen molar-refractivity contribution >= 4 is 28.3 Å². The summed E-state index contributed by atoms with van der Waals surface area (Å²) in [6, 6.07) is 13.0. The third kappa shape index (κ3) is 5.22. The average molecular weight is 436 g/mol. The van der Waals surface area contributed by atoms with Crippen LogP contribution >= 0.6 is 0 Å². The molecule has 2 amide bonds. The number of benzene rings is 2. The van der Waals surface area contributed by atoms with Gasteiger partial charge in [0.25, 0.3) is 0 Å². The van der Waals surface area contributed by atoms with Gasteiger partial charge in [-0.25, -0.2) is 4.79 Å². The van der Waals surface area contributed by atoms with Gasteiger partial charge >= 0.3 is 6.03 Å². The summed E-state index contributed by atoms with van der Waals surface area (Å²) in [5.41, 5.74) is 3.49. The number of rotatable bonds is 7. The van der Waals surface area contributed by atoms with E-state index in [1.165, 1.54) is 13.0 Å². The lowest BCUT2D eigenvalue weighted by Crippen LogP contribution is -2.33. The zero-order chi connectivity index (χ0) is 22.5. The predicted octanol–water partition coefficient (Wildman–Crippen LogP) is 5.58. The fraction of sp³-hybridized carbons (Fsp3) is 0.440. The number of hydrogen-bond acceptors (Lipinski definition) is 4. The minimum Gasteiger partial charge on any atom is -0.489 e. The molecule has 3 N–H and O–H groups in total. The van der Waals surface area contributed by atoms with Gasteiger partial charge in [-0.1, -0.05) is 19.1 Å². The molecule has 1 fully saturated rings. The predicted molar refractivity (Wildman–Crippen MR) is 130 cm³/mol. The summed E-state index contributed by atoms with van der Waals surface area (Å²) in [5.74, 6) is 1.10. The number of likely N-dealkylation sites (tertiary alicyclic amines) is 1. The quantitative estimate of drug-likeness (QED) is 0.452. The van der Waals surface area contributed by atoms with Crippen LogP contribution in [0.25, 0.3) is 10.9 Å². The van der Waals surface area contributed by atoms with Crippen LogP contribution in [0.1, 0.15) is 51.6 Å². The van der Waals surface area contributed by atoms with Gasteiger partial charge in [0, 0.05) is 17.0 Å². The van der Waals surface area contributed by atoms with Crippen LogP contribution in [-0.2, 0) is 0 Å². The first-order valence-electron chi connectivity index (χ1n) is 11.6. The van der Waals surface area contributed by atoms with Crippen LogP contribution < -0.4 is 15.4 Å². The number of nitrogens with zero attached hydrogens (tertiary/aromatic N) is 2. The maximum absolute atomic E-state index is 12.7. The molecule has 1 aromatic heterocycles. The number of amides is 2. The molecule has 2 aromatic carbocycles. The highest BCUT2D eigenvalue weighted by atomic mass is 16.5. The standard InChI is InChI=1S/C25H33N5O2/c1-4-13-30-14-11-18(12-15-30)24-20-16-19(9-10-21(20)28-29-24)26-25(31)27-22-7-5-6-8-23(22)32-17(2)3/h5-10,16-18H,4,11-15H2,1-3H3,(H,28,29)(H2,26,27,31). The number of para-hydroxylation sites is 2. The number of carbonyl (C=O) groups excluding carboxylic acids is 1. The molecule has 0 radical (unpaired) electrons. The van der Waals surface area contributed by atoms with E-state index in [9.17, 15) is 4.79 Å². The maximum Gasteiger partial charge on any atom is 0.323 e. The van der Waals surface area contributed by atoms with Gasteiger partial charge in [0.15, 0.2) is 0 Å². The highest BCUT2D eigenvalue weighted by Crippen LogP contribution is 2.33. The number of fused-ring (bicyclic) bond motifs is 1. The van der Waals surface area contributed by atoms with Crippen molar-refractivity contribution in [2.24, 2.45) is 0 Å². The molecule has 2 heterocycles. The average Bonchev–Trinajstić information content (AvgIpc) is 3.19. The molecule has 32 heavy (non-hydrogen) atoms. The molecule has 7 heteroatoms. The molecular formula is C25H33N5O2. The summed E-state index contributed by atoms with van der Waals surface area (Å²) in [6.45, 7) is 9.55. The Kier molecular flexibility index (Phi) is 6.95. The molecule has 0 spiro atoms. The molecule has 0 bridgehead atoms. The topological polar surface area (TPSA) is 82.3 Å². The van der Waals surface area contributed by atoms with Crippen LogP contribution in [0, 0.1) is 0 Å². The van der Waals surface area contributed by atoms with Gasteiger partial charge in [0.05, 0.1) is 23.0 Å². The van der Waals surface area contributed by atoms with Crippen molar-refractivity contribution in [1.82, 2.24) is 15.1 Å². The number of anilines is 2. The van der Waals surface area contributed by atoms with Gasteiger partial charge in [-0.3, -0.25) is 5.10 Å². The van der Waals surface area contributed by atoms with Gasteiger partial charge in [-0.2, -0.15) is 5.10 Å².